The number of hydrogen-bond donors (Lipinski definition) is 3. The third kappa shape index (κ3) is 9.02. The number of rotatable bonds is 12. The SMILES string of the molecule is O=C(C=CC(CCc1ccccc1)NCC1CCCCN1)Nc1nnc(CCc2ccccc2)s1. The van der Waals surface area contributed by atoms with Gasteiger partial charge in [0.2, 0.25) is 11.0 Å². The molecule has 184 valence electrons. The van der Waals surface area contributed by atoms with E-state index < -0.39 is 0 Å². The van der Waals surface area contributed by atoms with Gasteiger partial charge in [-0.05, 0) is 49.8 Å². The van der Waals surface area contributed by atoms with Crippen LogP contribution in [0.3, 0.4) is 0 Å². The fourth-order valence-corrected chi connectivity index (χ4v) is 5.02. The summed E-state index contributed by atoms with van der Waals surface area (Å²) in [6.45, 7) is 2.00. The standard InChI is InChI=1S/C28H35N5OS/c34-26(31-28-33-32-27(35-28)19-15-23-11-5-2-6-12-23)18-17-24(16-14-22-9-3-1-4-10-22)30-21-25-13-7-8-20-29-25/h1-6,9-12,17-18,24-25,29-30H,7-8,13-16,19-21H2,(H,31,33,34). The number of amides is 1. The quantitative estimate of drug-likeness (QED) is 0.325. The summed E-state index contributed by atoms with van der Waals surface area (Å²) < 4.78 is 0. The molecule has 6 nitrogen and oxygen atoms in total. The molecule has 2 aromatic carbocycles. The van der Waals surface area contributed by atoms with Gasteiger partial charge in [-0.2, -0.15) is 0 Å². The van der Waals surface area contributed by atoms with Gasteiger partial charge >= 0.3 is 0 Å². The van der Waals surface area contributed by atoms with Crippen molar-refractivity contribution in [2.75, 3.05) is 18.4 Å². The van der Waals surface area contributed by atoms with E-state index in [1.54, 1.807) is 6.08 Å². The Morgan fingerprint density at radius 1 is 1.00 bits per heavy atom. The van der Waals surface area contributed by atoms with E-state index >= 15 is 0 Å². The Labute approximate surface area is 212 Å². The smallest absolute Gasteiger partial charge is 0.249 e. The van der Waals surface area contributed by atoms with Crippen LogP contribution in [0.4, 0.5) is 5.13 Å². The number of anilines is 1. The van der Waals surface area contributed by atoms with Gasteiger partial charge in [0.1, 0.15) is 5.01 Å². The molecule has 2 unspecified atom stereocenters. The van der Waals surface area contributed by atoms with Crippen molar-refractivity contribution < 1.29 is 4.79 Å². The van der Waals surface area contributed by atoms with Crippen molar-refractivity contribution in [1.82, 2.24) is 20.8 Å². The van der Waals surface area contributed by atoms with Crippen LogP contribution in [0, 0.1) is 0 Å². The zero-order valence-corrected chi connectivity index (χ0v) is 21.0. The van der Waals surface area contributed by atoms with Gasteiger partial charge in [0.25, 0.3) is 0 Å². The second-order valence-corrected chi connectivity index (χ2v) is 10.1. The Bertz CT molecular complexity index is 1050. The van der Waals surface area contributed by atoms with Crippen LogP contribution in [0.15, 0.2) is 72.8 Å². The van der Waals surface area contributed by atoms with E-state index in [2.05, 4.69) is 62.5 Å². The average molecular weight is 490 g/mol. The normalized spacial score (nSPS) is 16.9. The number of hydrogen-bond acceptors (Lipinski definition) is 6. The molecular formula is C28H35N5OS. The summed E-state index contributed by atoms with van der Waals surface area (Å²) in [6, 6.07) is 21.4. The maximum absolute atomic E-state index is 12.6. The third-order valence-electron chi connectivity index (χ3n) is 6.27. The highest BCUT2D eigenvalue weighted by Crippen LogP contribution is 2.17. The van der Waals surface area contributed by atoms with Gasteiger partial charge in [0.15, 0.2) is 0 Å². The Hall–Kier alpha value is -2.87. The molecule has 1 aliphatic heterocycles. The molecule has 0 aliphatic carbocycles. The first-order valence-electron chi connectivity index (χ1n) is 12.6. The van der Waals surface area contributed by atoms with Crippen molar-refractivity contribution >= 4 is 22.4 Å². The van der Waals surface area contributed by atoms with Crippen molar-refractivity contribution in [3.8, 4) is 0 Å². The molecular weight excluding hydrogens is 454 g/mol. The van der Waals surface area contributed by atoms with Crippen molar-refractivity contribution in [2.45, 2.75) is 57.0 Å². The first kappa shape index (κ1) is 25.2. The largest absolute Gasteiger partial charge is 0.313 e. The number of nitrogens with zero attached hydrogens (tertiary/aromatic N) is 2. The van der Waals surface area contributed by atoms with E-state index in [-0.39, 0.29) is 11.9 Å². The second-order valence-electron chi connectivity index (χ2n) is 9.02. The van der Waals surface area contributed by atoms with E-state index in [9.17, 15) is 4.79 Å². The topological polar surface area (TPSA) is 78.9 Å². The molecule has 7 heteroatoms. The van der Waals surface area contributed by atoms with Crippen LogP contribution in [0.2, 0.25) is 0 Å². The third-order valence-corrected chi connectivity index (χ3v) is 7.17. The second kappa shape index (κ2) is 13.9. The molecule has 0 saturated carbocycles. The first-order valence-corrected chi connectivity index (χ1v) is 13.4. The lowest BCUT2D eigenvalue weighted by Gasteiger charge is -2.26. The van der Waals surface area contributed by atoms with Crippen LogP contribution in [0.1, 0.15) is 41.8 Å². The lowest BCUT2D eigenvalue weighted by molar-refractivity contribution is -0.111. The highest BCUT2D eigenvalue weighted by atomic mass is 32.1. The zero-order chi connectivity index (χ0) is 24.1. The Kier molecular flexibility index (Phi) is 10.0. The summed E-state index contributed by atoms with van der Waals surface area (Å²) in [7, 11) is 0. The van der Waals surface area contributed by atoms with Gasteiger partial charge in [-0.3, -0.25) is 10.1 Å². The zero-order valence-electron chi connectivity index (χ0n) is 20.2. The molecule has 4 rings (SSSR count). The fourth-order valence-electron chi connectivity index (χ4n) is 4.28. The number of aromatic nitrogens is 2. The van der Waals surface area contributed by atoms with Crippen LogP contribution >= 0.6 is 11.3 Å². The predicted octanol–water partition coefficient (Wildman–Crippen LogP) is 4.55. The van der Waals surface area contributed by atoms with Crippen molar-refractivity contribution in [1.29, 1.82) is 0 Å². The van der Waals surface area contributed by atoms with Crippen LogP contribution < -0.4 is 16.0 Å². The lowest BCUT2D eigenvalue weighted by Crippen LogP contribution is -2.44. The maximum atomic E-state index is 12.6. The lowest BCUT2D eigenvalue weighted by atomic mass is 10.0. The molecule has 1 fully saturated rings. The van der Waals surface area contributed by atoms with Gasteiger partial charge in [-0.25, -0.2) is 0 Å². The van der Waals surface area contributed by atoms with Crippen molar-refractivity contribution in [2.24, 2.45) is 0 Å². The number of carbonyl (C=O) groups is 1. The van der Waals surface area contributed by atoms with E-state index in [0.29, 0.717) is 11.2 Å². The molecule has 0 spiro atoms. The highest BCUT2D eigenvalue weighted by molar-refractivity contribution is 7.15. The number of aryl methyl sites for hydroxylation is 3. The molecule has 1 amide bonds. The van der Waals surface area contributed by atoms with Gasteiger partial charge in [-0.15, -0.1) is 10.2 Å². The molecule has 1 saturated heterocycles. The van der Waals surface area contributed by atoms with E-state index in [4.69, 9.17) is 0 Å². The molecule has 3 N–H and O–H groups in total. The van der Waals surface area contributed by atoms with Crippen LogP contribution in [-0.4, -0.2) is 41.3 Å². The number of benzene rings is 2. The molecule has 0 bridgehead atoms. The minimum atomic E-state index is -0.168. The fraction of sp³-hybridized carbons (Fsp3) is 0.393. The van der Waals surface area contributed by atoms with Gasteiger partial charge in [-0.1, -0.05) is 84.5 Å². The van der Waals surface area contributed by atoms with E-state index in [1.807, 2.05) is 30.3 Å². The number of nitrogens with one attached hydrogen (secondary N) is 3. The van der Waals surface area contributed by atoms with Gasteiger partial charge < -0.3 is 10.6 Å². The summed E-state index contributed by atoms with van der Waals surface area (Å²) in [5.41, 5.74) is 2.58. The van der Waals surface area contributed by atoms with Gasteiger partial charge in [0.05, 0.1) is 0 Å². The summed E-state index contributed by atoms with van der Waals surface area (Å²) in [5, 5.41) is 20.0. The maximum Gasteiger partial charge on any atom is 0.249 e. The number of piperidine rings is 1. The van der Waals surface area contributed by atoms with E-state index in [0.717, 1.165) is 43.8 Å². The van der Waals surface area contributed by atoms with Crippen molar-refractivity contribution in [3.05, 3.63) is 89.0 Å². The van der Waals surface area contributed by atoms with Crippen LogP contribution in [0.25, 0.3) is 0 Å². The molecule has 1 aromatic heterocycles. The van der Waals surface area contributed by atoms with E-state index in [1.165, 1.54) is 41.7 Å². The molecule has 0 radical (unpaired) electrons. The summed E-state index contributed by atoms with van der Waals surface area (Å²) in [4.78, 5) is 12.6. The van der Waals surface area contributed by atoms with Gasteiger partial charge in [0, 0.05) is 31.1 Å². The Balaban J connectivity index is 1.28. The van der Waals surface area contributed by atoms with Crippen LogP contribution in [0.5, 0.6) is 0 Å². The molecule has 1 aliphatic rings. The monoisotopic (exact) mass is 489 g/mol. The first-order chi connectivity index (χ1) is 17.2. The molecule has 35 heavy (non-hydrogen) atoms. The molecule has 3 aromatic rings. The highest BCUT2D eigenvalue weighted by Gasteiger charge is 2.14. The number of carbonyl (C=O) groups excluding carboxylic acids is 1. The summed E-state index contributed by atoms with van der Waals surface area (Å²) in [6.07, 6.45) is 11.0. The van der Waals surface area contributed by atoms with Crippen LogP contribution in [-0.2, 0) is 24.1 Å². The Morgan fingerprint density at radius 3 is 2.46 bits per heavy atom. The molecule has 2 heterocycles. The minimum absolute atomic E-state index is 0.125. The minimum Gasteiger partial charge on any atom is -0.313 e. The predicted molar refractivity (Wildman–Crippen MR) is 144 cm³/mol. The van der Waals surface area contributed by atoms with Crippen molar-refractivity contribution in [3.63, 3.8) is 0 Å². The molecule has 2 atom stereocenters. The summed E-state index contributed by atoms with van der Waals surface area (Å²) >= 11 is 1.44. The average Bonchev–Trinajstić information content (AvgIpc) is 3.36. The Morgan fingerprint density at radius 2 is 1.74 bits per heavy atom. The summed E-state index contributed by atoms with van der Waals surface area (Å²) in [5.74, 6) is -0.168.